The number of carbonyl (C=O) groups excluding carboxylic acids is 1. The minimum absolute atomic E-state index is 0.0504. The van der Waals surface area contributed by atoms with Crippen LogP contribution >= 0.6 is 0 Å². The lowest BCUT2D eigenvalue weighted by Crippen LogP contribution is -1.89. The largest absolute Gasteiger partial charge is 0.504 e. The molecular weight excluding hydrogens is 192 g/mol. The number of fused-ring (bicyclic) bond motifs is 1. The van der Waals surface area contributed by atoms with Crippen LogP contribution in [0.2, 0.25) is 0 Å². The van der Waals surface area contributed by atoms with Crippen LogP contribution in [0.5, 0.6) is 5.75 Å². The van der Waals surface area contributed by atoms with Crippen molar-refractivity contribution in [1.29, 1.82) is 0 Å². The molecule has 0 radical (unpaired) electrons. The SMILES string of the molecule is C=CC(=O)c1oc2ccc(C)cc2c1O. The Labute approximate surface area is 86.6 Å². The molecule has 0 aliphatic rings. The fourth-order valence-corrected chi connectivity index (χ4v) is 1.46. The van der Waals surface area contributed by atoms with Gasteiger partial charge in [0.15, 0.2) is 5.75 Å². The molecule has 0 saturated heterocycles. The van der Waals surface area contributed by atoms with Crippen LogP contribution in [0.3, 0.4) is 0 Å². The lowest BCUT2D eigenvalue weighted by molar-refractivity contribution is 0.102. The number of ketones is 1. The molecule has 0 aliphatic heterocycles. The van der Waals surface area contributed by atoms with Crippen LogP contribution in [-0.2, 0) is 0 Å². The van der Waals surface area contributed by atoms with Crippen molar-refractivity contribution in [3.05, 3.63) is 42.2 Å². The van der Waals surface area contributed by atoms with E-state index in [1.807, 2.05) is 13.0 Å². The summed E-state index contributed by atoms with van der Waals surface area (Å²) in [6.07, 6.45) is 1.12. The fraction of sp³-hybridized carbons (Fsp3) is 0.0833. The Kier molecular flexibility index (Phi) is 2.08. The number of allylic oxidation sites excluding steroid dienone is 1. The van der Waals surface area contributed by atoms with E-state index in [9.17, 15) is 9.90 Å². The lowest BCUT2D eigenvalue weighted by Gasteiger charge is -1.91. The minimum atomic E-state index is -0.415. The number of aromatic hydroxyl groups is 1. The van der Waals surface area contributed by atoms with Crippen molar-refractivity contribution >= 4 is 16.8 Å². The second-order valence-corrected chi connectivity index (χ2v) is 3.35. The molecule has 0 bridgehead atoms. The standard InChI is InChI=1S/C12H10O3/c1-3-9(13)12-11(14)8-6-7(2)4-5-10(8)15-12/h3-6,14H,1H2,2H3. The highest BCUT2D eigenvalue weighted by Crippen LogP contribution is 2.32. The molecule has 1 aromatic carbocycles. The van der Waals surface area contributed by atoms with E-state index in [2.05, 4.69) is 6.58 Å². The Bertz CT molecular complexity index is 549. The van der Waals surface area contributed by atoms with Gasteiger partial charge in [0.2, 0.25) is 11.5 Å². The summed E-state index contributed by atoms with van der Waals surface area (Å²) in [4.78, 5) is 11.3. The Hall–Kier alpha value is -2.03. The van der Waals surface area contributed by atoms with Gasteiger partial charge in [-0.3, -0.25) is 4.79 Å². The van der Waals surface area contributed by atoms with Gasteiger partial charge in [-0.1, -0.05) is 18.2 Å². The average molecular weight is 202 g/mol. The topological polar surface area (TPSA) is 50.4 Å². The molecule has 0 atom stereocenters. The molecule has 0 unspecified atom stereocenters. The van der Waals surface area contributed by atoms with E-state index in [-0.39, 0.29) is 11.5 Å². The van der Waals surface area contributed by atoms with Gasteiger partial charge in [-0.2, -0.15) is 0 Å². The highest BCUT2D eigenvalue weighted by Gasteiger charge is 2.17. The molecule has 0 fully saturated rings. The molecule has 1 N–H and O–H groups in total. The number of benzene rings is 1. The van der Waals surface area contributed by atoms with Gasteiger partial charge in [0.1, 0.15) is 5.58 Å². The number of carbonyl (C=O) groups is 1. The second-order valence-electron chi connectivity index (χ2n) is 3.35. The van der Waals surface area contributed by atoms with E-state index < -0.39 is 5.78 Å². The Morgan fingerprint density at radius 3 is 2.93 bits per heavy atom. The van der Waals surface area contributed by atoms with Crippen LogP contribution in [0, 0.1) is 6.92 Å². The molecule has 2 aromatic rings. The monoisotopic (exact) mass is 202 g/mol. The summed E-state index contributed by atoms with van der Waals surface area (Å²) in [5.74, 6) is -0.578. The maximum absolute atomic E-state index is 11.3. The first kappa shape index (κ1) is 9.52. The molecule has 0 aliphatic carbocycles. The van der Waals surface area contributed by atoms with Gasteiger partial charge in [0.25, 0.3) is 0 Å². The van der Waals surface area contributed by atoms with Crippen LogP contribution in [-0.4, -0.2) is 10.9 Å². The summed E-state index contributed by atoms with van der Waals surface area (Å²) >= 11 is 0. The van der Waals surface area contributed by atoms with E-state index >= 15 is 0 Å². The van der Waals surface area contributed by atoms with Gasteiger partial charge in [-0.15, -0.1) is 0 Å². The minimum Gasteiger partial charge on any atom is -0.504 e. The smallest absolute Gasteiger partial charge is 0.224 e. The van der Waals surface area contributed by atoms with Gasteiger partial charge >= 0.3 is 0 Å². The number of furan rings is 1. The number of hydrogen-bond donors (Lipinski definition) is 1. The molecule has 76 valence electrons. The molecular formula is C12H10O3. The summed E-state index contributed by atoms with van der Waals surface area (Å²) in [6.45, 7) is 5.25. The van der Waals surface area contributed by atoms with Crippen molar-refractivity contribution < 1.29 is 14.3 Å². The maximum Gasteiger partial charge on any atom is 0.224 e. The molecule has 0 spiro atoms. The van der Waals surface area contributed by atoms with Crippen LogP contribution in [0.4, 0.5) is 0 Å². The fourth-order valence-electron chi connectivity index (χ4n) is 1.46. The third kappa shape index (κ3) is 1.42. The lowest BCUT2D eigenvalue weighted by atomic mass is 10.1. The van der Waals surface area contributed by atoms with E-state index in [0.29, 0.717) is 11.0 Å². The van der Waals surface area contributed by atoms with Crippen molar-refractivity contribution in [2.45, 2.75) is 6.92 Å². The first-order valence-corrected chi connectivity index (χ1v) is 4.52. The Balaban J connectivity index is 2.75. The van der Waals surface area contributed by atoms with Crippen molar-refractivity contribution in [2.24, 2.45) is 0 Å². The third-order valence-corrected chi connectivity index (χ3v) is 2.23. The van der Waals surface area contributed by atoms with Crippen LogP contribution in [0.15, 0.2) is 35.3 Å². The van der Waals surface area contributed by atoms with Crippen molar-refractivity contribution in [3.63, 3.8) is 0 Å². The van der Waals surface area contributed by atoms with Crippen molar-refractivity contribution in [2.75, 3.05) is 0 Å². The van der Waals surface area contributed by atoms with Gasteiger partial charge in [-0.05, 0) is 25.1 Å². The zero-order chi connectivity index (χ0) is 11.0. The zero-order valence-electron chi connectivity index (χ0n) is 8.28. The Morgan fingerprint density at radius 1 is 1.53 bits per heavy atom. The molecule has 1 heterocycles. The first-order chi connectivity index (χ1) is 7.13. The van der Waals surface area contributed by atoms with Gasteiger partial charge in [0.05, 0.1) is 5.39 Å². The maximum atomic E-state index is 11.3. The molecule has 3 nitrogen and oxygen atoms in total. The van der Waals surface area contributed by atoms with Crippen LogP contribution in [0.1, 0.15) is 16.1 Å². The quantitative estimate of drug-likeness (QED) is 0.601. The summed E-state index contributed by atoms with van der Waals surface area (Å²) in [5, 5.41) is 10.3. The predicted molar refractivity (Wildman–Crippen MR) is 57.1 cm³/mol. The predicted octanol–water partition coefficient (Wildman–Crippen LogP) is 2.82. The normalized spacial score (nSPS) is 10.5. The van der Waals surface area contributed by atoms with E-state index in [1.54, 1.807) is 12.1 Å². The molecule has 3 heteroatoms. The summed E-state index contributed by atoms with van der Waals surface area (Å²) in [7, 11) is 0. The summed E-state index contributed by atoms with van der Waals surface area (Å²) in [6, 6.07) is 5.35. The van der Waals surface area contributed by atoms with Crippen molar-refractivity contribution in [1.82, 2.24) is 0 Å². The molecule has 15 heavy (non-hydrogen) atoms. The molecule has 0 saturated carbocycles. The van der Waals surface area contributed by atoms with Crippen LogP contribution in [0.25, 0.3) is 11.0 Å². The van der Waals surface area contributed by atoms with E-state index in [0.717, 1.165) is 11.6 Å². The summed E-state index contributed by atoms with van der Waals surface area (Å²) < 4.78 is 5.24. The average Bonchev–Trinajstić information content (AvgIpc) is 2.55. The van der Waals surface area contributed by atoms with Crippen molar-refractivity contribution in [3.8, 4) is 5.75 Å². The Morgan fingerprint density at radius 2 is 2.27 bits per heavy atom. The number of aryl methyl sites for hydroxylation is 1. The highest BCUT2D eigenvalue weighted by atomic mass is 16.4. The van der Waals surface area contributed by atoms with Crippen LogP contribution < -0.4 is 0 Å². The first-order valence-electron chi connectivity index (χ1n) is 4.52. The number of rotatable bonds is 2. The van der Waals surface area contributed by atoms with Gasteiger partial charge in [0, 0.05) is 0 Å². The van der Waals surface area contributed by atoms with E-state index in [4.69, 9.17) is 4.42 Å². The highest BCUT2D eigenvalue weighted by molar-refractivity contribution is 6.08. The zero-order valence-corrected chi connectivity index (χ0v) is 8.28. The van der Waals surface area contributed by atoms with Gasteiger partial charge in [-0.25, -0.2) is 0 Å². The number of hydrogen-bond acceptors (Lipinski definition) is 3. The van der Waals surface area contributed by atoms with Gasteiger partial charge < -0.3 is 9.52 Å². The van der Waals surface area contributed by atoms with E-state index in [1.165, 1.54) is 0 Å². The second kappa shape index (κ2) is 3.28. The third-order valence-electron chi connectivity index (χ3n) is 2.23. The summed E-state index contributed by atoms with van der Waals surface area (Å²) in [5.41, 5.74) is 1.50. The molecule has 0 amide bonds. The molecule has 2 rings (SSSR count). The molecule has 1 aromatic heterocycles.